The molecule has 0 N–H and O–H groups in total. The maximum Gasteiger partial charge on any atom is 0.343 e. The Morgan fingerprint density at radius 3 is 1.90 bits per heavy atom. The molecule has 4 amide bonds. The second-order valence-corrected chi connectivity index (χ2v) is 9.36. The van der Waals surface area contributed by atoms with Crippen molar-refractivity contribution >= 4 is 58.5 Å². The summed E-state index contributed by atoms with van der Waals surface area (Å²) in [6.45, 7) is -0.0397. The molecule has 0 radical (unpaired) electrons. The molecule has 1 heterocycles. The smallest absolute Gasteiger partial charge is 0.343 e. The van der Waals surface area contributed by atoms with E-state index in [1.165, 1.54) is 30.3 Å². The number of rotatable bonds is 6. The molecule has 1 saturated heterocycles. The van der Waals surface area contributed by atoms with Gasteiger partial charge in [-0.05, 0) is 60.2 Å². The van der Waals surface area contributed by atoms with Crippen LogP contribution >= 0.6 is 23.2 Å². The van der Waals surface area contributed by atoms with Crippen LogP contribution in [-0.4, -0.2) is 17.8 Å². The fraction of sp³-hybridized carbons (Fsp3) is 0.0333. The van der Waals surface area contributed by atoms with Gasteiger partial charge in [0.1, 0.15) is 23.7 Å². The predicted octanol–water partition coefficient (Wildman–Crippen LogP) is 7.29. The Morgan fingerprint density at radius 1 is 0.744 bits per heavy atom. The van der Waals surface area contributed by atoms with E-state index in [2.05, 4.69) is 0 Å². The normalized spacial score (nSPS) is 13.6. The summed E-state index contributed by atoms with van der Waals surface area (Å²) in [5, 5.41) is 0.355. The minimum atomic E-state index is -0.824. The van der Waals surface area contributed by atoms with Crippen LogP contribution in [0.2, 0.25) is 10.0 Å². The molecule has 0 aliphatic carbocycles. The number of halogens is 3. The number of anilines is 2. The van der Waals surface area contributed by atoms with Crippen molar-refractivity contribution in [3.8, 4) is 5.75 Å². The van der Waals surface area contributed by atoms with Crippen molar-refractivity contribution in [3.63, 3.8) is 0 Å². The molecule has 6 nitrogen and oxygen atoms in total. The maximum absolute atomic E-state index is 13.7. The number of hydrogen-bond donors (Lipinski definition) is 0. The highest BCUT2D eigenvalue weighted by atomic mass is 35.5. The second kappa shape index (κ2) is 11.1. The van der Waals surface area contributed by atoms with E-state index in [0.29, 0.717) is 16.9 Å². The third kappa shape index (κ3) is 5.41. The summed E-state index contributed by atoms with van der Waals surface area (Å²) in [7, 11) is 0. The van der Waals surface area contributed by atoms with Gasteiger partial charge < -0.3 is 4.74 Å². The molecule has 0 atom stereocenters. The molecule has 0 saturated carbocycles. The van der Waals surface area contributed by atoms with Crippen molar-refractivity contribution in [1.82, 2.24) is 0 Å². The van der Waals surface area contributed by atoms with Crippen molar-refractivity contribution in [2.24, 2.45) is 0 Å². The number of nitrogens with zero attached hydrogens (tertiary/aromatic N) is 2. The number of ether oxygens (including phenoxy) is 1. The van der Waals surface area contributed by atoms with Crippen LogP contribution in [0.5, 0.6) is 5.75 Å². The molecular formula is C30H19Cl2FN2O4. The zero-order valence-electron chi connectivity index (χ0n) is 20.2. The van der Waals surface area contributed by atoms with Gasteiger partial charge in [0.25, 0.3) is 11.8 Å². The number of carbonyl (C=O) groups is 3. The molecule has 0 spiro atoms. The van der Waals surface area contributed by atoms with Gasteiger partial charge in [-0.1, -0.05) is 71.7 Å². The average molecular weight is 561 g/mol. The van der Waals surface area contributed by atoms with E-state index in [1.807, 2.05) is 0 Å². The van der Waals surface area contributed by atoms with E-state index in [-0.39, 0.29) is 33.5 Å². The summed E-state index contributed by atoms with van der Waals surface area (Å²) >= 11 is 12.7. The fourth-order valence-electron chi connectivity index (χ4n) is 4.12. The summed E-state index contributed by atoms with van der Waals surface area (Å²) < 4.78 is 19.6. The molecule has 0 bridgehead atoms. The van der Waals surface area contributed by atoms with Crippen LogP contribution in [-0.2, 0) is 16.2 Å². The fourth-order valence-corrected chi connectivity index (χ4v) is 4.68. The first-order chi connectivity index (χ1) is 18.8. The highest BCUT2D eigenvalue weighted by Crippen LogP contribution is 2.36. The molecule has 39 heavy (non-hydrogen) atoms. The lowest BCUT2D eigenvalue weighted by molar-refractivity contribution is -0.121. The van der Waals surface area contributed by atoms with E-state index in [9.17, 15) is 18.8 Å². The largest absolute Gasteiger partial charge is 0.487 e. The first kappa shape index (κ1) is 26.2. The molecule has 0 aromatic heterocycles. The summed E-state index contributed by atoms with van der Waals surface area (Å²) in [4.78, 5) is 42.7. The molecular weight excluding hydrogens is 542 g/mol. The zero-order chi connectivity index (χ0) is 27.5. The molecule has 9 heteroatoms. The SMILES string of the molecule is O=C1C(=Cc2cc(Cl)cc(Cl)c2OCc2cccc(F)c2)C(=O)N(c2ccccc2)C(=O)N1c1ccccc1. The Hall–Kier alpha value is -4.46. The van der Waals surface area contributed by atoms with E-state index in [0.717, 1.165) is 9.80 Å². The Balaban J connectivity index is 1.61. The average Bonchev–Trinajstić information content (AvgIpc) is 2.92. The number of para-hydroxylation sites is 2. The van der Waals surface area contributed by atoms with Crippen molar-refractivity contribution in [3.05, 3.63) is 130 Å². The van der Waals surface area contributed by atoms with Crippen LogP contribution < -0.4 is 14.5 Å². The minimum absolute atomic E-state index is 0.0397. The first-order valence-electron chi connectivity index (χ1n) is 11.7. The van der Waals surface area contributed by atoms with E-state index >= 15 is 0 Å². The van der Waals surface area contributed by atoms with Gasteiger partial charge >= 0.3 is 6.03 Å². The molecule has 4 aromatic carbocycles. The number of amides is 4. The van der Waals surface area contributed by atoms with Gasteiger partial charge in [0, 0.05) is 10.6 Å². The van der Waals surface area contributed by atoms with Gasteiger partial charge in [-0.15, -0.1) is 0 Å². The Morgan fingerprint density at radius 2 is 1.33 bits per heavy atom. The quantitative estimate of drug-likeness (QED) is 0.183. The summed E-state index contributed by atoms with van der Waals surface area (Å²) in [6, 6.07) is 24.6. The molecule has 194 valence electrons. The van der Waals surface area contributed by atoms with Gasteiger partial charge in [0.15, 0.2) is 0 Å². The summed E-state index contributed by atoms with van der Waals surface area (Å²) in [5.41, 5.74) is 1.05. The van der Waals surface area contributed by atoms with Crippen molar-refractivity contribution in [2.45, 2.75) is 6.61 Å². The van der Waals surface area contributed by atoms with Crippen molar-refractivity contribution < 1.29 is 23.5 Å². The van der Waals surface area contributed by atoms with Crippen molar-refractivity contribution in [1.29, 1.82) is 0 Å². The molecule has 4 aromatic rings. The van der Waals surface area contributed by atoms with Gasteiger partial charge in [0.05, 0.1) is 16.4 Å². The van der Waals surface area contributed by atoms with E-state index in [1.54, 1.807) is 72.8 Å². The molecule has 5 rings (SSSR count). The van der Waals surface area contributed by atoms with Gasteiger partial charge in [-0.25, -0.2) is 19.0 Å². The first-order valence-corrected chi connectivity index (χ1v) is 12.5. The van der Waals surface area contributed by atoms with Gasteiger partial charge in [-0.2, -0.15) is 0 Å². The second-order valence-electron chi connectivity index (χ2n) is 8.52. The lowest BCUT2D eigenvalue weighted by Gasteiger charge is -2.34. The third-order valence-electron chi connectivity index (χ3n) is 5.89. The van der Waals surface area contributed by atoms with Crippen LogP contribution in [0.15, 0.2) is 103 Å². The number of hydrogen-bond acceptors (Lipinski definition) is 4. The highest BCUT2D eigenvalue weighted by Gasteiger charge is 2.43. The number of imide groups is 2. The number of benzene rings is 4. The topological polar surface area (TPSA) is 66.9 Å². The van der Waals surface area contributed by atoms with Crippen LogP contribution in [0.25, 0.3) is 6.08 Å². The summed E-state index contributed by atoms with van der Waals surface area (Å²) in [5.74, 6) is -1.94. The third-order valence-corrected chi connectivity index (χ3v) is 6.39. The Labute approximate surface area is 233 Å². The van der Waals surface area contributed by atoms with Crippen LogP contribution in [0.4, 0.5) is 20.6 Å². The standard InChI is InChI=1S/C30H19Cl2FN2O4/c31-21-15-20(27(26(32)17-21)39-18-19-8-7-9-22(33)14-19)16-25-28(36)34(23-10-3-1-4-11-23)30(38)35(29(25)37)24-12-5-2-6-13-24/h1-17H,18H2. The maximum atomic E-state index is 13.7. The van der Waals surface area contributed by atoms with Gasteiger partial charge in [0.2, 0.25) is 0 Å². The number of carbonyl (C=O) groups excluding carboxylic acids is 3. The van der Waals surface area contributed by atoms with Gasteiger partial charge in [-0.3, -0.25) is 9.59 Å². The highest BCUT2D eigenvalue weighted by molar-refractivity contribution is 6.46. The number of urea groups is 1. The molecule has 0 unspecified atom stereocenters. The van der Waals surface area contributed by atoms with E-state index < -0.39 is 23.7 Å². The minimum Gasteiger partial charge on any atom is -0.487 e. The molecule has 1 aliphatic heterocycles. The van der Waals surface area contributed by atoms with Crippen LogP contribution in [0, 0.1) is 5.82 Å². The predicted molar refractivity (Wildman–Crippen MR) is 148 cm³/mol. The van der Waals surface area contributed by atoms with E-state index in [4.69, 9.17) is 27.9 Å². The van der Waals surface area contributed by atoms with Crippen LogP contribution in [0.1, 0.15) is 11.1 Å². The lowest BCUT2D eigenvalue weighted by atomic mass is 10.0. The van der Waals surface area contributed by atoms with Crippen molar-refractivity contribution in [2.75, 3.05) is 9.80 Å². The molecule has 1 fully saturated rings. The summed E-state index contributed by atoms with van der Waals surface area (Å²) in [6.07, 6.45) is 1.29. The lowest BCUT2D eigenvalue weighted by Crippen LogP contribution is -2.57. The Kier molecular flexibility index (Phi) is 7.45. The monoisotopic (exact) mass is 560 g/mol. The molecule has 1 aliphatic rings. The Bertz CT molecular complexity index is 1550. The zero-order valence-corrected chi connectivity index (χ0v) is 21.7. The van der Waals surface area contributed by atoms with Crippen LogP contribution in [0.3, 0.4) is 0 Å². The number of barbiturate groups is 1.